The number of nitro benzene ring substituents is 1. The third-order valence-electron chi connectivity index (χ3n) is 4.42. The van der Waals surface area contributed by atoms with Crippen molar-refractivity contribution in [1.82, 2.24) is 4.90 Å². The van der Waals surface area contributed by atoms with Crippen LogP contribution < -0.4 is 4.74 Å². The van der Waals surface area contributed by atoms with Crippen molar-refractivity contribution in [3.8, 4) is 5.75 Å². The lowest BCUT2D eigenvalue weighted by molar-refractivity contribution is -0.385. The Bertz CT molecular complexity index is 527. The highest BCUT2D eigenvalue weighted by Gasteiger charge is 2.23. The molecule has 1 aromatic carbocycles. The highest BCUT2D eigenvalue weighted by molar-refractivity contribution is 5.48. The van der Waals surface area contributed by atoms with Crippen molar-refractivity contribution >= 4 is 5.69 Å². The number of rotatable bonds is 7. The molecule has 1 saturated carbocycles. The van der Waals surface area contributed by atoms with E-state index in [1.54, 1.807) is 19.1 Å². The van der Waals surface area contributed by atoms with E-state index in [1.165, 1.54) is 32.4 Å². The number of benzene rings is 1. The van der Waals surface area contributed by atoms with Crippen molar-refractivity contribution in [2.75, 3.05) is 13.7 Å². The van der Waals surface area contributed by atoms with Crippen molar-refractivity contribution in [3.05, 3.63) is 33.9 Å². The summed E-state index contributed by atoms with van der Waals surface area (Å²) >= 11 is 0. The number of ether oxygens (including phenoxy) is 1. The second-order valence-electron chi connectivity index (χ2n) is 6.33. The van der Waals surface area contributed by atoms with E-state index in [0.29, 0.717) is 19.1 Å². The van der Waals surface area contributed by atoms with Crippen LogP contribution in [0.1, 0.15) is 44.6 Å². The van der Waals surface area contributed by atoms with Crippen molar-refractivity contribution in [2.45, 2.75) is 57.7 Å². The first kappa shape index (κ1) is 17.7. The van der Waals surface area contributed by atoms with Crippen LogP contribution in [0, 0.1) is 10.1 Å². The molecule has 6 heteroatoms. The Morgan fingerprint density at radius 2 is 2.09 bits per heavy atom. The number of nitrogens with zero attached hydrogens (tertiary/aromatic N) is 2. The summed E-state index contributed by atoms with van der Waals surface area (Å²) in [5, 5.41) is 20.8. The molecule has 1 aliphatic rings. The summed E-state index contributed by atoms with van der Waals surface area (Å²) in [4.78, 5) is 12.9. The van der Waals surface area contributed by atoms with Crippen molar-refractivity contribution in [3.63, 3.8) is 0 Å². The highest BCUT2D eigenvalue weighted by atomic mass is 16.6. The van der Waals surface area contributed by atoms with Gasteiger partial charge in [-0.2, -0.15) is 0 Å². The van der Waals surface area contributed by atoms with E-state index in [4.69, 9.17) is 4.74 Å². The first-order valence-corrected chi connectivity index (χ1v) is 8.24. The van der Waals surface area contributed by atoms with Gasteiger partial charge < -0.3 is 9.84 Å². The van der Waals surface area contributed by atoms with Gasteiger partial charge in [-0.05, 0) is 31.4 Å². The molecule has 0 heterocycles. The number of methoxy groups -OCH3 is 1. The van der Waals surface area contributed by atoms with E-state index in [-0.39, 0.29) is 11.4 Å². The Labute approximate surface area is 137 Å². The van der Waals surface area contributed by atoms with E-state index in [9.17, 15) is 15.2 Å². The van der Waals surface area contributed by atoms with Gasteiger partial charge in [0.05, 0.1) is 18.1 Å². The summed E-state index contributed by atoms with van der Waals surface area (Å²) in [5.74, 6) is 0.285. The number of hydrogen-bond acceptors (Lipinski definition) is 5. The van der Waals surface area contributed by atoms with Crippen LogP contribution in [0.25, 0.3) is 0 Å². The lowest BCUT2D eigenvalue weighted by Crippen LogP contribution is -2.40. The van der Waals surface area contributed by atoms with Crippen LogP contribution in [0.2, 0.25) is 0 Å². The molecule has 0 spiro atoms. The van der Waals surface area contributed by atoms with Crippen LogP contribution in [0.5, 0.6) is 5.75 Å². The fourth-order valence-electron chi connectivity index (χ4n) is 3.33. The predicted octanol–water partition coefficient (Wildman–Crippen LogP) is 3.12. The van der Waals surface area contributed by atoms with Gasteiger partial charge in [0, 0.05) is 25.2 Å². The number of hydrogen-bond donors (Lipinski definition) is 1. The van der Waals surface area contributed by atoms with Crippen LogP contribution >= 0.6 is 0 Å². The average Bonchev–Trinajstić information content (AvgIpc) is 2.54. The molecule has 1 fully saturated rings. The van der Waals surface area contributed by atoms with Gasteiger partial charge >= 0.3 is 5.69 Å². The molecule has 1 aliphatic carbocycles. The van der Waals surface area contributed by atoms with E-state index >= 15 is 0 Å². The molecular weight excluding hydrogens is 296 g/mol. The third-order valence-corrected chi connectivity index (χ3v) is 4.42. The quantitative estimate of drug-likeness (QED) is 0.616. The molecule has 0 aromatic heterocycles. The molecule has 1 N–H and O–H groups in total. The zero-order valence-corrected chi connectivity index (χ0v) is 13.9. The summed E-state index contributed by atoms with van der Waals surface area (Å²) < 4.78 is 5.15. The minimum atomic E-state index is -0.433. The summed E-state index contributed by atoms with van der Waals surface area (Å²) in [5.41, 5.74) is 0.953. The fourth-order valence-corrected chi connectivity index (χ4v) is 3.33. The normalized spacial score (nSPS) is 17.2. The van der Waals surface area contributed by atoms with Crippen LogP contribution in [-0.4, -0.2) is 40.7 Å². The lowest BCUT2D eigenvalue weighted by Gasteiger charge is -2.35. The molecule has 0 saturated heterocycles. The molecule has 1 atom stereocenters. The number of aliphatic hydroxyl groups excluding tert-OH is 1. The van der Waals surface area contributed by atoms with Crippen molar-refractivity contribution < 1.29 is 14.8 Å². The van der Waals surface area contributed by atoms with Gasteiger partial charge in [-0.25, -0.2) is 0 Å². The van der Waals surface area contributed by atoms with Gasteiger partial charge in [-0.15, -0.1) is 0 Å². The number of nitro groups is 1. The minimum absolute atomic E-state index is 0.0176. The highest BCUT2D eigenvalue weighted by Crippen LogP contribution is 2.29. The zero-order valence-electron chi connectivity index (χ0n) is 13.9. The Morgan fingerprint density at radius 3 is 2.65 bits per heavy atom. The van der Waals surface area contributed by atoms with Crippen molar-refractivity contribution in [1.29, 1.82) is 0 Å². The molecule has 0 radical (unpaired) electrons. The maximum Gasteiger partial charge on any atom is 0.310 e. The van der Waals surface area contributed by atoms with Crippen LogP contribution in [0.15, 0.2) is 18.2 Å². The first-order chi connectivity index (χ1) is 11.0. The van der Waals surface area contributed by atoms with Gasteiger partial charge in [0.15, 0.2) is 5.75 Å². The summed E-state index contributed by atoms with van der Waals surface area (Å²) in [6, 6.07) is 5.48. The molecular formula is C17H26N2O4. The smallest absolute Gasteiger partial charge is 0.310 e. The Hall–Kier alpha value is -1.66. The molecule has 1 aromatic rings. The first-order valence-electron chi connectivity index (χ1n) is 8.24. The monoisotopic (exact) mass is 322 g/mol. The molecule has 23 heavy (non-hydrogen) atoms. The van der Waals surface area contributed by atoms with E-state index < -0.39 is 11.0 Å². The topological polar surface area (TPSA) is 75.8 Å². The maximum absolute atomic E-state index is 11.0. The standard InChI is InChI=1S/C17H26N2O4/c1-13(20)11-18(15-6-4-3-5-7-15)12-14-8-9-16(19(21)22)17(10-14)23-2/h8-10,13,15,20H,3-7,11-12H2,1-2H3. The maximum atomic E-state index is 11.0. The van der Waals surface area contributed by atoms with Crippen LogP contribution in [0.3, 0.4) is 0 Å². The summed E-state index contributed by atoms with van der Waals surface area (Å²) in [6.07, 6.45) is 5.64. The largest absolute Gasteiger partial charge is 0.490 e. The van der Waals surface area contributed by atoms with Crippen molar-refractivity contribution in [2.24, 2.45) is 0 Å². The van der Waals surface area contributed by atoms with Gasteiger partial charge in [0.2, 0.25) is 0 Å². The molecule has 0 aliphatic heterocycles. The molecule has 1 unspecified atom stereocenters. The number of aliphatic hydroxyl groups is 1. The van der Waals surface area contributed by atoms with E-state index in [0.717, 1.165) is 18.4 Å². The molecule has 0 bridgehead atoms. The zero-order chi connectivity index (χ0) is 16.8. The summed E-state index contributed by atoms with van der Waals surface area (Å²) in [6.45, 7) is 3.08. The lowest BCUT2D eigenvalue weighted by atomic mass is 9.93. The Kier molecular flexibility index (Phi) is 6.36. The van der Waals surface area contributed by atoms with Gasteiger partial charge in [-0.3, -0.25) is 15.0 Å². The molecule has 128 valence electrons. The second-order valence-corrected chi connectivity index (χ2v) is 6.33. The van der Waals surface area contributed by atoms with Gasteiger partial charge in [-0.1, -0.05) is 25.3 Å². The van der Waals surface area contributed by atoms with E-state index in [1.807, 2.05) is 0 Å². The third kappa shape index (κ3) is 4.91. The summed E-state index contributed by atoms with van der Waals surface area (Å²) in [7, 11) is 1.45. The van der Waals surface area contributed by atoms with Gasteiger partial charge in [0.1, 0.15) is 0 Å². The predicted molar refractivity (Wildman–Crippen MR) is 88.6 cm³/mol. The molecule has 0 amide bonds. The minimum Gasteiger partial charge on any atom is -0.490 e. The van der Waals surface area contributed by atoms with Crippen LogP contribution in [0.4, 0.5) is 5.69 Å². The van der Waals surface area contributed by atoms with E-state index in [2.05, 4.69) is 4.90 Å². The van der Waals surface area contributed by atoms with Crippen LogP contribution in [-0.2, 0) is 6.54 Å². The fraction of sp³-hybridized carbons (Fsp3) is 0.647. The second kappa shape index (κ2) is 8.26. The molecule has 6 nitrogen and oxygen atoms in total. The SMILES string of the molecule is COc1cc(CN(CC(C)O)C2CCCCC2)ccc1[N+](=O)[O-]. The molecule has 2 rings (SSSR count). The van der Waals surface area contributed by atoms with Gasteiger partial charge in [0.25, 0.3) is 0 Å². The Morgan fingerprint density at radius 1 is 1.39 bits per heavy atom. The average molecular weight is 322 g/mol. The Balaban J connectivity index is 2.16.